The average Bonchev–Trinajstić information content (AvgIpc) is 2.39. The molecule has 3 heteroatoms. The molecule has 0 atom stereocenters. The lowest BCUT2D eigenvalue weighted by Crippen LogP contribution is -2.14. The van der Waals surface area contributed by atoms with Crippen molar-refractivity contribution in [2.24, 2.45) is 5.92 Å². The van der Waals surface area contributed by atoms with Crippen molar-refractivity contribution in [2.75, 3.05) is 0 Å². The first-order chi connectivity index (χ1) is 9.06. The van der Waals surface area contributed by atoms with Crippen LogP contribution >= 0.6 is 0 Å². The van der Waals surface area contributed by atoms with Gasteiger partial charge in [0.15, 0.2) is 0 Å². The second kappa shape index (κ2) is 5.65. The number of rotatable bonds is 3. The van der Waals surface area contributed by atoms with Gasteiger partial charge in [0.2, 0.25) is 0 Å². The SMILES string of the molecule is CC(C)C(=O)Oc1cccc(-c2ccc(F)cc2)c1. The summed E-state index contributed by atoms with van der Waals surface area (Å²) in [6.07, 6.45) is 0. The summed E-state index contributed by atoms with van der Waals surface area (Å²) in [4.78, 5) is 11.5. The van der Waals surface area contributed by atoms with Crippen LogP contribution in [0.3, 0.4) is 0 Å². The molecule has 19 heavy (non-hydrogen) atoms. The van der Waals surface area contributed by atoms with E-state index < -0.39 is 0 Å². The minimum Gasteiger partial charge on any atom is -0.426 e. The maximum absolute atomic E-state index is 12.9. The van der Waals surface area contributed by atoms with E-state index in [1.165, 1.54) is 12.1 Å². The van der Waals surface area contributed by atoms with Gasteiger partial charge in [-0.2, -0.15) is 0 Å². The van der Waals surface area contributed by atoms with Crippen LogP contribution in [0, 0.1) is 11.7 Å². The lowest BCUT2D eigenvalue weighted by molar-refractivity contribution is -0.137. The molecule has 0 bridgehead atoms. The molecule has 0 aliphatic heterocycles. The molecule has 2 nitrogen and oxygen atoms in total. The van der Waals surface area contributed by atoms with Crippen LogP contribution in [-0.4, -0.2) is 5.97 Å². The van der Waals surface area contributed by atoms with Crippen molar-refractivity contribution in [1.82, 2.24) is 0 Å². The molecule has 0 heterocycles. The van der Waals surface area contributed by atoms with Crippen LogP contribution < -0.4 is 4.74 Å². The zero-order valence-electron chi connectivity index (χ0n) is 10.9. The van der Waals surface area contributed by atoms with E-state index >= 15 is 0 Å². The molecule has 0 saturated carbocycles. The summed E-state index contributed by atoms with van der Waals surface area (Å²) >= 11 is 0. The lowest BCUT2D eigenvalue weighted by Gasteiger charge is -2.08. The summed E-state index contributed by atoms with van der Waals surface area (Å²) in [7, 11) is 0. The van der Waals surface area contributed by atoms with Crippen LogP contribution in [0.1, 0.15) is 13.8 Å². The van der Waals surface area contributed by atoms with Gasteiger partial charge in [-0.15, -0.1) is 0 Å². The highest BCUT2D eigenvalue weighted by Crippen LogP contribution is 2.24. The van der Waals surface area contributed by atoms with E-state index in [0.717, 1.165) is 11.1 Å². The molecule has 0 unspecified atom stereocenters. The van der Waals surface area contributed by atoms with Crippen LogP contribution in [0.2, 0.25) is 0 Å². The van der Waals surface area contributed by atoms with Crippen molar-refractivity contribution in [3.63, 3.8) is 0 Å². The zero-order valence-corrected chi connectivity index (χ0v) is 10.9. The van der Waals surface area contributed by atoms with Crippen molar-refractivity contribution in [1.29, 1.82) is 0 Å². The Kier molecular flexibility index (Phi) is 3.95. The normalized spacial score (nSPS) is 10.5. The van der Waals surface area contributed by atoms with Crippen molar-refractivity contribution >= 4 is 5.97 Å². The fourth-order valence-corrected chi connectivity index (χ4v) is 1.62. The quantitative estimate of drug-likeness (QED) is 0.613. The van der Waals surface area contributed by atoms with Crippen LogP contribution in [0.25, 0.3) is 11.1 Å². The largest absolute Gasteiger partial charge is 0.426 e. The smallest absolute Gasteiger partial charge is 0.313 e. The minimum absolute atomic E-state index is 0.172. The van der Waals surface area contributed by atoms with Crippen molar-refractivity contribution < 1.29 is 13.9 Å². The minimum atomic E-state index is -0.272. The van der Waals surface area contributed by atoms with Gasteiger partial charge in [-0.1, -0.05) is 38.1 Å². The molecule has 0 fully saturated rings. The number of hydrogen-bond acceptors (Lipinski definition) is 2. The van der Waals surface area contributed by atoms with Gasteiger partial charge in [-0.05, 0) is 35.4 Å². The Bertz CT molecular complexity index is 574. The molecule has 0 amide bonds. The Labute approximate surface area is 111 Å². The second-order valence-corrected chi connectivity index (χ2v) is 4.61. The summed E-state index contributed by atoms with van der Waals surface area (Å²) in [5.41, 5.74) is 1.76. The first-order valence-corrected chi connectivity index (χ1v) is 6.14. The van der Waals surface area contributed by atoms with Crippen LogP contribution in [-0.2, 0) is 4.79 Å². The van der Waals surface area contributed by atoms with Gasteiger partial charge < -0.3 is 4.74 Å². The standard InChI is InChI=1S/C16H15FO2/c1-11(2)16(18)19-15-5-3-4-13(10-15)12-6-8-14(17)9-7-12/h3-11H,1-2H3. The molecule has 0 aliphatic rings. The molecular weight excluding hydrogens is 243 g/mol. The second-order valence-electron chi connectivity index (χ2n) is 4.61. The topological polar surface area (TPSA) is 26.3 Å². The molecule has 2 aromatic rings. The Balaban J connectivity index is 2.24. The molecule has 0 spiro atoms. The van der Waals surface area contributed by atoms with Gasteiger partial charge in [0.25, 0.3) is 0 Å². The number of ether oxygens (including phenoxy) is 1. The molecule has 0 aromatic heterocycles. The summed E-state index contributed by atoms with van der Waals surface area (Å²) < 4.78 is 18.1. The van der Waals surface area contributed by atoms with E-state index in [1.54, 1.807) is 38.1 Å². The first-order valence-electron chi connectivity index (χ1n) is 6.14. The Morgan fingerprint density at radius 2 is 1.74 bits per heavy atom. The van der Waals surface area contributed by atoms with Gasteiger partial charge in [-0.3, -0.25) is 4.79 Å². The van der Waals surface area contributed by atoms with E-state index in [0.29, 0.717) is 5.75 Å². The fourth-order valence-electron chi connectivity index (χ4n) is 1.62. The molecule has 0 N–H and O–H groups in total. The number of carbonyl (C=O) groups excluding carboxylic acids is 1. The van der Waals surface area contributed by atoms with Crippen LogP contribution in [0.15, 0.2) is 48.5 Å². The van der Waals surface area contributed by atoms with Gasteiger partial charge in [0, 0.05) is 0 Å². The molecule has 0 saturated heterocycles. The predicted molar refractivity (Wildman–Crippen MR) is 72.3 cm³/mol. The third kappa shape index (κ3) is 3.41. The highest BCUT2D eigenvalue weighted by Gasteiger charge is 2.10. The molecular formula is C16H15FO2. The van der Waals surface area contributed by atoms with E-state index in [9.17, 15) is 9.18 Å². The Morgan fingerprint density at radius 3 is 2.37 bits per heavy atom. The third-order valence-corrected chi connectivity index (χ3v) is 2.70. The zero-order chi connectivity index (χ0) is 13.8. The fraction of sp³-hybridized carbons (Fsp3) is 0.188. The van der Waals surface area contributed by atoms with Crippen molar-refractivity contribution in [2.45, 2.75) is 13.8 Å². The van der Waals surface area contributed by atoms with Gasteiger partial charge in [0.05, 0.1) is 5.92 Å². The Hall–Kier alpha value is -2.16. The number of benzene rings is 2. The summed E-state index contributed by atoms with van der Waals surface area (Å²) in [6, 6.07) is 13.4. The van der Waals surface area contributed by atoms with E-state index in [4.69, 9.17) is 4.74 Å². The summed E-state index contributed by atoms with van der Waals surface area (Å²) in [5.74, 6) is -0.211. The maximum atomic E-state index is 12.9. The first kappa shape index (κ1) is 13.3. The number of halogens is 1. The van der Waals surface area contributed by atoms with Crippen molar-refractivity contribution in [3.05, 3.63) is 54.3 Å². The molecule has 2 aromatic carbocycles. The van der Waals surface area contributed by atoms with Crippen molar-refractivity contribution in [3.8, 4) is 16.9 Å². The van der Waals surface area contributed by atoms with Gasteiger partial charge in [0.1, 0.15) is 11.6 Å². The number of carbonyl (C=O) groups is 1. The van der Waals surface area contributed by atoms with Gasteiger partial charge >= 0.3 is 5.97 Å². The molecule has 98 valence electrons. The third-order valence-electron chi connectivity index (χ3n) is 2.70. The van der Waals surface area contributed by atoms with Crippen LogP contribution in [0.4, 0.5) is 4.39 Å². The van der Waals surface area contributed by atoms with E-state index in [1.807, 2.05) is 12.1 Å². The van der Waals surface area contributed by atoms with E-state index in [2.05, 4.69) is 0 Å². The Morgan fingerprint density at radius 1 is 1.05 bits per heavy atom. The molecule has 0 aliphatic carbocycles. The lowest BCUT2D eigenvalue weighted by atomic mass is 10.1. The number of esters is 1. The van der Waals surface area contributed by atoms with E-state index in [-0.39, 0.29) is 17.7 Å². The highest BCUT2D eigenvalue weighted by atomic mass is 19.1. The van der Waals surface area contributed by atoms with Gasteiger partial charge in [-0.25, -0.2) is 4.39 Å². The molecule has 0 radical (unpaired) electrons. The monoisotopic (exact) mass is 258 g/mol. The van der Waals surface area contributed by atoms with Crippen LogP contribution in [0.5, 0.6) is 5.75 Å². The molecule has 2 rings (SSSR count). The highest BCUT2D eigenvalue weighted by molar-refractivity contribution is 5.75. The average molecular weight is 258 g/mol. The predicted octanol–water partition coefficient (Wildman–Crippen LogP) is 4.05. The maximum Gasteiger partial charge on any atom is 0.313 e. The number of hydrogen-bond donors (Lipinski definition) is 0. The summed E-state index contributed by atoms with van der Waals surface area (Å²) in [5, 5.41) is 0. The summed E-state index contributed by atoms with van der Waals surface area (Å²) in [6.45, 7) is 3.57.